The largest absolute Gasteiger partial charge is 0.385 e. The molecular formula is C20H26N2O. The van der Waals surface area contributed by atoms with Crippen molar-refractivity contribution in [2.24, 2.45) is 0 Å². The molecule has 2 aromatic rings. The number of hydrogen-bond donors (Lipinski definition) is 1. The van der Waals surface area contributed by atoms with Gasteiger partial charge in [0.05, 0.1) is 5.52 Å². The van der Waals surface area contributed by atoms with E-state index in [2.05, 4.69) is 40.9 Å². The van der Waals surface area contributed by atoms with Gasteiger partial charge >= 0.3 is 0 Å². The molecule has 0 saturated carbocycles. The molecule has 1 aliphatic rings. The number of aryl methyl sites for hydroxylation is 2. The molecule has 3 nitrogen and oxygen atoms in total. The van der Waals surface area contributed by atoms with E-state index >= 15 is 0 Å². The monoisotopic (exact) mass is 310 g/mol. The Hall–Kier alpha value is -2.03. The Kier molecular flexibility index (Phi) is 4.85. The van der Waals surface area contributed by atoms with Gasteiger partial charge in [0.15, 0.2) is 0 Å². The molecule has 0 aliphatic carbocycles. The molecule has 23 heavy (non-hydrogen) atoms. The van der Waals surface area contributed by atoms with Crippen molar-refractivity contribution in [1.29, 1.82) is 0 Å². The third-order valence-corrected chi connectivity index (χ3v) is 4.70. The summed E-state index contributed by atoms with van der Waals surface area (Å²) in [5.74, 6) is 0.288. The lowest BCUT2D eigenvalue weighted by molar-refractivity contribution is -0.117. The summed E-state index contributed by atoms with van der Waals surface area (Å²) in [6.07, 6.45) is 8.51. The number of aromatic nitrogens is 1. The molecule has 0 saturated heterocycles. The summed E-state index contributed by atoms with van der Waals surface area (Å²) in [4.78, 5) is 10.9. The fourth-order valence-corrected chi connectivity index (χ4v) is 3.51. The Labute approximate surface area is 138 Å². The molecule has 0 atom stereocenters. The fourth-order valence-electron chi connectivity index (χ4n) is 3.51. The van der Waals surface area contributed by atoms with E-state index in [1.165, 1.54) is 34.9 Å². The average Bonchev–Trinajstić information content (AvgIpc) is 2.92. The van der Waals surface area contributed by atoms with E-state index in [0.29, 0.717) is 6.42 Å². The second kappa shape index (κ2) is 7.03. The third kappa shape index (κ3) is 3.49. The minimum Gasteiger partial charge on any atom is -0.385 e. The summed E-state index contributed by atoms with van der Waals surface area (Å²) in [6, 6.07) is 6.61. The van der Waals surface area contributed by atoms with Crippen LogP contribution in [0.25, 0.3) is 16.6 Å². The van der Waals surface area contributed by atoms with Crippen LogP contribution in [0.15, 0.2) is 31.0 Å². The maximum Gasteiger partial charge on any atom is 0.129 e. The Morgan fingerprint density at radius 2 is 2.17 bits per heavy atom. The molecule has 1 aromatic heterocycles. The Morgan fingerprint density at radius 3 is 3.00 bits per heavy atom. The van der Waals surface area contributed by atoms with Crippen LogP contribution in [0.5, 0.6) is 0 Å². The molecule has 3 heteroatoms. The molecule has 2 heterocycles. The van der Waals surface area contributed by atoms with Gasteiger partial charge in [-0.1, -0.05) is 31.2 Å². The molecule has 0 bridgehead atoms. The number of hydrogen-bond acceptors (Lipinski definition) is 2. The number of unbranched alkanes of at least 4 members (excludes halogenated alkanes) is 2. The Morgan fingerprint density at radius 1 is 1.30 bits per heavy atom. The number of carbonyl (C=O) groups is 1. The summed E-state index contributed by atoms with van der Waals surface area (Å²) in [6.45, 7) is 7.93. The predicted octanol–water partition coefficient (Wildman–Crippen LogP) is 4.30. The van der Waals surface area contributed by atoms with Crippen molar-refractivity contribution in [2.75, 3.05) is 6.54 Å². The van der Waals surface area contributed by atoms with Crippen molar-refractivity contribution in [1.82, 2.24) is 9.88 Å². The van der Waals surface area contributed by atoms with Crippen LogP contribution >= 0.6 is 0 Å². The van der Waals surface area contributed by atoms with Gasteiger partial charge in [0, 0.05) is 42.4 Å². The summed E-state index contributed by atoms with van der Waals surface area (Å²) < 4.78 is 2.38. The molecule has 1 N–H and O–H groups in total. The van der Waals surface area contributed by atoms with Gasteiger partial charge in [-0.05, 0) is 38.2 Å². The van der Waals surface area contributed by atoms with E-state index in [0.717, 1.165) is 38.0 Å². The quantitative estimate of drug-likeness (QED) is 0.738. The molecule has 0 spiro atoms. The molecular weight excluding hydrogens is 284 g/mol. The smallest absolute Gasteiger partial charge is 0.129 e. The molecule has 0 radical (unpaired) electrons. The van der Waals surface area contributed by atoms with E-state index in [1.54, 1.807) is 6.92 Å². The molecule has 3 rings (SSSR count). The van der Waals surface area contributed by atoms with Crippen molar-refractivity contribution >= 4 is 22.4 Å². The van der Waals surface area contributed by atoms with E-state index < -0.39 is 0 Å². The number of nitrogens with one attached hydrogen (secondary N) is 1. The molecule has 122 valence electrons. The van der Waals surface area contributed by atoms with Gasteiger partial charge in [-0.3, -0.25) is 0 Å². The van der Waals surface area contributed by atoms with E-state index in [9.17, 15) is 4.79 Å². The van der Waals surface area contributed by atoms with Crippen LogP contribution in [0, 0.1) is 0 Å². The van der Waals surface area contributed by atoms with Crippen LogP contribution in [0.2, 0.25) is 0 Å². The minimum absolute atomic E-state index is 0.288. The number of Topliss-reactive ketones (excluding diaryl/α,β-unsaturated/α-hetero) is 1. The second-order valence-electron chi connectivity index (χ2n) is 6.57. The van der Waals surface area contributed by atoms with Gasteiger partial charge in [0.2, 0.25) is 0 Å². The first-order chi connectivity index (χ1) is 11.2. The van der Waals surface area contributed by atoms with Crippen molar-refractivity contribution in [3.05, 3.63) is 42.1 Å². The molecule has 0 unspecified atom stereocenters. The highest BCUT2D eigenvalue weighted by Gasteiger charge is 2.16. The lowest BCUT2D eigenvalue weighted by atomic mass is 10.0. The zero-order valence-electron chi connectivity index (χ0n) is 14.0. The molecule has 0 fully saturated rings. The SMILES string of the molecule is C=C(NCCCCCC(C)=O)c1cn2c3c(cccc13)CCC2. The van der Waals surface area contributed by atoms with E-state index in [4.69, 9.17) is 0 Å². The highest BCUT2D eigenvalue weighted by Crippen LogP contribution is 2.31. The van der Waals surface area contributed by atoms with Gasteiger partial charge < -0.3 is 14.7 Å². The first-order valence-electron chi connectivity index (χ1n) is 8.70. The number of benzene rings is 1. The minimum atomic E-state index is 0.288. The van der Waals surface area contributed by atoms with Crippen LogP contribution in [0.4, 0.5) is 0 Å². The van der Waals surface area contributed by atoms with Crippen LogP contribution in [-0.2, 0) is 17.8 Å². The van der Waals surface area contributed by atoms with Crippen LogP contribution in [0.3, 0.4) is 0 Å². The van der Waals surface area contributed by atoms with Crippen molar-refractivity contribution in [3.8, 4) is 0 Å². The summed E-state index contributed by atoms with van der Waals surface area (Å²) in [7, 11) is 0. The lowest BCUT2D eigenvalue weighted by Crippen LogP contribution is -2.12. The van der Waals surface area contributed by atoms with Crippen molar-refractivity contribution in [3.63, 3.8) is 0 Å². The summed E-state index contributed by atoms with van der Waals surface area (Å²) in [5.41, 5.74) is 5.09. The van der Waals surface area contributed by atoms with Gasteiger partial charge in [0.25, 0.3) is 0 Å². The van der Waals surface area contributed by atoms with Gasteiger partial charge in [-0.25, -0.2) is 0 Å². The van der Waals surface area contributed by atoms with Crippen molar-refractivity contribution < 1.29 is 4.79 Å². The van der Waals surface area contributed by atoms with Gasteiger partial charge in [-0.15, -0.1) is 0 Å². The third-order valence-electron chi connectivity index (χ3n) is 4.70. The molecule has 1 aromatic carbocycles. The normalized spacial score (nSPS) is 13.3. The summed E-state index contributed by atoms with van der Waals surface area (Å²) in [5, 5.41) is 4.78. The number of nitrogens with zero attached hydrogens (tertiary/aromatic N) is 1. The maximum atomic E-state index is 10.9. The first-order valence-corrected chi connectivity index (χ1v) is 8.70. The number of carbonyl (C=O) groups excluding carboxylic acids is 1. The number of para-hydroxylation sites is 1. The zero-order valence-corrected chi connectivity index (χ0v) is 14.0. The van der Waals surface area contributed by atoms with Gasteiger partial charge in [-0.2, -0.15) is 0 Å². The first kappa shape index (κ1) is 15.9. The maximum absolute atomic E-state index is 10.9. The molecule has 1 aliphatic heterocycles. The van der Waals surface area contributed by atoms with Gasteiger partial charge in [0.1, 0.15) is 5.78 Å². The van der Waals surface area contributed by atoms with E-state index in [1.807, 2.05) is 0 Å². The topological polar surface area (TPSA) is 34.0 Å². The standard InChI is InChI=1S/C20H26N2O/c1-15(23)8-4-3-5-12-21-16(2)19-14-22-13-7-10-17-9-6-11-18(19)20(17)22/h6,9,11,14,21H,2-5,7-8,10,12-13H2,1H3. The van der Waals surface area contributed by atoms with Crippen LogP contribution < -0.4 is 5.32 Å². The average molecular weight is 310 g/mol. The number of ketones is 1. The zero-order chi connectivity index (χ0) is 16.2. The summed E-state index contributed by atoms with van der Waals surface area (Å²) >= 11 is 0. The Bertz CT molecular complexity index is 727. The van der Waals surface area contributed by atoms with E-state index in [-0.39, 0.29) is 5.78 Å². The van der Waals surface area contributed by atoms with Crippen LogP contribution in [0.1, 0.15) is 50.2 Å². The van der Waals surface area contributed by atoms with Crippen LogP contribution in [-0.4, -0.2) is 16.9 Å². The number of rotatable bonds is 8. The predicted molar refractivity (Wildman–Crippen MR) is 96.4 cm³/mol. The lowest BCUT2D eigenvalue weighted by Gasteiger charge is -2.14. The highest BCUT2D eigenvalue weighted by atomic mass is 16.1. The molecule has 0 amide bonds. The fraction of sp³-hybridized carbons (Fsp3) is 0.450. The second-order valence-corrected chi connectivity index (χ2v) is 6.57. The van der Waals surface area contributed by atoms with Crippen molar-refractivity contribution in [2.45, 2.75) is 52.0 Å². The highest BCUT2D eigenvalue weighted by molar-refractivity contribution is 5.94. The Balaban J connectivity index is 1.61.